The van der Waals surface area contributed by atoms with Crippen molar-refractivity contribution in [1.82, 2.24) is 45.6 Å². The zero-order chi connectivity index (χ0) is 40.4. The summed E-state index contributed by atoms with van der Waals surface area (Å²) in [6.45, 7) is 10.6. The smallest absolute Gasteiger partial charge is 0.249 e. The highest BCUT2D eigenvalue weighted by molar-refractivity contribution is 7.98. The Morgan fingerprint density at radius 3 is 2.33 bits per heavy atom. The van der Waals surface area contributed by atoms with Gasteiger partial charge in [0, 0.05) is 43.6 Å². The summed E-state index contributed by atoms with van der Waals surface area (Å²) in [4.78, 5) is 84.9. The maximum atomic E-state index is 13.5. The third-order valence-electron chi connectivity index (χ3n) is 13.9. The SMILES string of the molecule is CC1CC(NC(NC(C)N2CCC[C@@H](NC(=O)C3CCN(CC4CCN(C5CCC6C(=O)N([C@H]7CCC(=O)NC7=O)C(=O)C6C5)CC4)CC3)C2)C(N)C(N)=O)SN1. The lowest BCUT2D eigenvalue weighted by Crippen LogP contribution is -2.65. The molecule has 7 fully saturated rings. The van der Waals surface area contributed by atoms with Gasteiger partial charge < -0.3 is 26.6 Å². The monoisotopic (exact) mass is 815 g/mol. The zero-order valence-corrected chi connectivity index (χ0v) is 34.5. The number of nitrogens with zero attached hydrogens (tertiary/aromatic N) is 4. The van der Waals surface area contributed by atoms with Crippen LogP contribution in [-0.2, 0) is 28.8 Å². The predicted molar refractivity (Wildman–Crippen MR) is 214 cm³/mol. The minimum Gasteiger partial charge on any atom is -0.368 e. The first-order chi connectivity index (χ1) is 27.3. The number of rotatable bonds is 13. The van der Waals surface area contributed by atoms with E-state index in [4.69, 9.17) is 11.5 Å². The number of piperidine rings is 4. The number of fused-ring (bicyclic) bond motifs is 1. The molecule has 0 spiro atoms. The molecular weight excluding hydrogens is 751 g/mol. The van der Waals surface area contributed by atoms with E-state index < -0.39 is 30.1 Å². The maximum Gasteiger partial charge on any atom is 0.249 e. The second-order valence-electron chi connectivity index (χ2n) is 17.9. The van der Waals surface area contributed by atoms with Gasteiger partial charge in [-0.2, -0.15) is 0 Å². The fourth-order valence-corrected chi connectivity index (χ4v) is 11.6. The van der Waals surface area contributed by atoms with E-state index in [0.29, 0.717) is 24.8 Å². The Hall–Kier alpha value is -2.71. The molecule has 7 rings (SSSR count). The van der Waals surface area contributed by atoms with E-state index in [2.05, 4.69) is 54.5 Å². The highest BCUT2D eigenvalue weighted by atomic mass is 32.2. The summed E-state index contributed by atoms with van der Waals surface area (Å²) in [6.07, 6.45) is 8.69. The van der Waals surface area contributed by atoms with Crippen LogP contribution in [0.3, 0.4) is 0 Å². The number of amides is 6. The molecule has 6 aliphatic heterocycles. The minimum atomic E-state index is -0.880. The van der Waals surface area contributed by atoms with Gasteiger partial charge in [-0.25, -0.2) is 0 Å². The average molecular weight is 816 g/mol. The number of nitrogens with one attached hydrogen (secondary N) is 5. The van der Waals surface area contributed by atoms with Crippen molar-refractivity contribution in [2.45, 2.75) is 139 Å². The number of primary amides is 1. The number of hydrogen-bond acceptors (Lipinski definition) is 14. The van der Waals surface area contributed by atoms with Gasteiger partial charge in [0.2, 0.25) is 35.4 Å². The fraction of sp³-hybridized carbons (Fsp3) is 0.846. The van der Waals surface area contributed by atoms with E-state index in [-0.39, 0.29) is 77.8 Å². The number of carbonyl (C=O) groups excluding carboxylic acids is 6. The highest BCUT2D eigenvalue weighted by Crippen LogP contribution is 2.42. The van der Waals surface area contributed by atoms with Gasteiger partial charge in [0.05, 0.1) is 29.5 Å². The minimum absolute atomic E-state index is 0.0160. The van der Waals surface area contributed by atoms with Crippen molar-refractivity contribution in [2.75, 3.05) is 45.8 Å². The summed E-state index contributed by atoms with van der Waals surface area (Å²) in [6, 6.07) is -1.06. The Bertz CT molecular complexity index is 1510. The Balaban J connectivity index is 0.806. The van der Waals surface area contributed by atoms with Gasteiger partial charge in [0.15, 0.2) is 0 Å². The van der Waals surface area contributed by atoms with Crippen LogP contribution in [0.25, 0.3) is 0 Å². The molecule has 7 aliphatic rings. The van der Waals surface area contributed by atoms with Gasteiger partial charge in [-0.15, -0.1) is 0 Å². The van der Waals surface area contributed by atoms with Crippen LogP contribution >= 0.6 is 11.9 Å². The van der Waals surface area contributed by atoms with Crippen LogP contribution in [-0.4, -0.2) is 149 Å². The number of carbonyl (C=O) groups is 6. The van der Waals surface area contributed by atoms with Crippen molar-refractivity contribution in [2.24, 2.45) is 35.1 Å². The Morgan fingerprint density at radius 2 is 1.65 bits per heavy atom. The normalized spacial score (nSPS) is 34.5. The van der Waals surface area contributed by atoms with Crippen LogP contribution in [0.1, 0.15) is 90.9 Å². The molecule has 17 nitrogen and oxygen atoms in total. The van der Waals surface area contributed by atoms with Gasteiger partial charge in [-0.05, 0) is 123 Å². The van der Waals surface area contributed by atoms with Gasteiger partial charge in [-0.3, -0.25) is 59.2 Å². The second-order valence-corrected chi connectivity index (χ2v) is 18.9. The lowest BCUT2D eigenvalue weighted by atomic mass is 9.77. The maximum absolute atomic E-state index is 13.5. The quantitative estimate of drug-likeness (QED) is 0.0671. The second kappa shape index (κ2) is 18.7. The number of imide groups is 2. The van der Waals surface area contributed by atoms with Gasteiger partial charge >= 0.3 is 0 Å². The molecule has 1 aliphatic carbocycles. The summed E-state index contributed by atoms with van der Waals surface area (Å²) in [7, 11) is 0. The first-order valence-electron chi connectivity index (χ1n) is 21.5. The standard InChI is InChI=1S/C39H65N11O6S/c1-22-18-32(57-46-22)45-35(33(40)34(41)52)42-23(2)49-13-3-4-26(21-49)43-36(53)25-11-14-47(15-12-25)20-24-9-16-48(17-10-24)27-5-6-28-29(19-27)39(56)50(38(28)55)30-7-8-31(51)44-37(30)54/h22-30,32-33,35,42,45-46H,3-21,40H2,1-2H3,(H2,41,52)(H,43,53)(H,44,51,54)/t22?,23?,26-,27?,28?,29?,30+,32?,33?,35?/m1/s1. The van der Waals surface area contributed by atoms with Gasteiger partial charge in [-0.1, -0.05) is 11.9 Å². The van der Waals surface area contributed by atoms with E-state index in [0.717, 1.165) is 97.2 Å². The van der Waals surface area contributed by atoms with Crippen LogP contribution in [0.5, 0.6) is 0 Å². The summed E-state index contributed by atoms with van der Waals surface area (Å²) in [5.41, 5.74) is 11.8. The van der Waals surface area contributed by atoms with Crippen molar-refractivity contribution in [1.29, 1.82) is 0 Å². The van der Waals surface area contributed by atoms with E-state index in [1.54, 1.807) is 11.9 Å². The van der Waals surface area contributed by atoms with Crippen LogP contribution < -0.4 is 37.5 Å². The molecule has 0 aromatic carbocycles. The van der Waals surface area contributed by atoms with Gasteiger partial charge in [0.25, 0.3) is 0 Å². The summed E-state index contributed by atoms with van der Waals surface area (Å²) in [5, 5.41) is 12.8. The topological polar surface area (TPSA) is 228 Å². The van der Waals surface area contributed by atoms with E-state index in [9.17, 15) is 28.8 Å². The summed E-state index contributed by atoms with van der Waals surface area (Å²) >= 11 is 1.60. The van der Waals surface area contributed by atoms with Crippen molar-refractivity contribution < 1.29 is 28.8 Å². The largest absolute Gasteiger partial charge is 0.368 e. The molecule has 0 aromatic heterocycles. The molecule has 9 N–H and O–H groups in total. The van der Waals surface area contributed by atoms with Crippen LogP contribution in [0.2, 0.25) is 0 Å². The van der Waals surface area contributed by atoms with E-state index >= 15 is 0 Å². The molecule has 318 valence electrons. The Morgan fingerprint density at radius 1 is 0.912 bits per heavy atom. The molecule has 10 atom stereocenters. The molecule has 1 saturated carbocycles. The third kappa shape index (κ3) is 10.0. The number of hydrogen-bond donors (Lipinski definition) is 7. The first kappa shape index (κ1) is 42.4. The Kier molecular flexibility index (Phi) is 13.9. The van der Waals surface area contributed by atoms with Gasteiger partial charge in [0.1, 0.15) is 12.1 Å². The molecule has 57 heavy (non-hydrogen) atoms. The number of nitrogens with two attached hydrogens (primary N) is 2. The van der Waals surface area contributed by atoms with Crippen LogP contribution in [0.4, 0.5) is 0 Å². The molecule has 0 bridgehead atoms. The highest BCUT2D eigenvalue weighted by Gasteiger charge is 2.54. The zero-order valence-electron chi connectivity index (χ0n) is 33.7. The lowest BCUT2D eigenvalue weighted by molar-refractivity contribution is -0.151. The molecular formula is C39H65N11O6S. The summed E-state index contributed by atoms with van der Waals surface area (Å²) < 4.78 is 3.34. The van der Waals surface area contributed by atoms with E-state index in [1.165, 1.54) is 4.90 Å². The first-order valence-corrected chi connectivity index (χ1v) is 22.4. The van der Waals surface area contributed by atoms with Crippen LogP contribution in [0, 0.1) is 23.7 Å². The number of likely N-dealkylation sites (tertiary alicyclic amines) is 4. The molecule has 0 radical (unpaired) electrons. The third-order valence-corrected chi connectivity index (χ3v) is 15.0. The molecule has 0 aromatic rings. The van der Waals surface area contributed by atoms with Crippen molar-refractivity contribution in [3.8, 4) is 0 Å². The summed E-state index contributed by atoms with van der Waals surface area (Å²) in [5.74, 6) is -1.91. The average Bonchev–Trinajstić information content (AvgIpc) is 3.72. The molecule has 6 saturated heterocycles. The fourth-order valence-electron chi connectivity index (χ4n) is 10.5. The van der Waals surface area contributed by atoms with Crippen LogP contribution in [0.15, 0.2) is 0 Å². The van der Waals surface area contributed by atoms with E-state index in [1.807, 2.05) is 0 Å². The molecule has 18 heteroatoms. The van der Waals surface area contributed by atoms with Crippen molar-refractivity contribution in [3.05, 3.63) is 0 Å². The molecule has 6 heterocycles. The molecule has 6 amide bonds. The lowest BCUT2D eigenvalue weighted by Gasteiger charge is -2.42. The van der Waals surface area contributed by atoms with Crippen molar-refractivity contribution >= 4 is 47.4 Å². The molecule has 8 unspecified atom stereocenters. The van der Waals surface area contributed by atoms with Crippen molar-refractivity contribution in [3.63, 3.8) is 0 Å². The Labute approximate surface area is 340 Å². The predicted octanol–water partition coefficient (Wildman–Crippen LogP) is -1.03.